The Kier molecular flexibility index (Phi) is 22.2. The fourth-order valence-electron chi connectivity index (χ4n) is 3.41. The van der Waals surface area contributed by atoms with E-state index in [2.05, 4.69) is 13.8 Å². The van der Waals surface area contributed by atoms with E-state index in [1.54, 1.807) is 0 Å². The van der Waals surface area contributed by atoms with Gasteiger partial charge in [-0.1, -0.05) is 117 Å². The van der Waals surface area contributed by atoms with Crippen LogP contribution in [0.1, 0.15) is 142 Å². The molecule has 0 aliphatic rings. The molecule has 0 bridgehead atoms. The monoisotopic (exact) mass is 400 g/mol. The Balaban J connectivity index is 3.30. The highest BCUT2D eigenvalue weighted by Gasteiger charge is 2.10. The number of aliphatic hydroxyl groups is 1. The third kappa shape index (κ3) is 21.7. The van der Waals surface area contributed by atoms with E-state index in [-0.39, 0.29) is 5.97 Å². The Morgan fingerprint density at radius 1 is 0.643 bits per heavy atom. The zero-order valence-corrected chi connectivity index (χ0v) is 18.9. The number of rotatable bonds is 22. The molecule has 28 heavy (non-hydrogen) atoms. The van der Waals surface area contributed by atoms with Crippen LogP contribution >= 0.6 is 0 Å². The molecule has 0 aliphatic heterocycles. The van der Waals surface area contributed by atoms with Crippen LogP contribution in [0.15, 0.2) is 0 Å². The topological polar surface area (TPSA) is 55.8 Å². The van der Waals surface area contributed by atoms with E-state index in [1.807, 2.05) is 0 Å². The second kappa shape index (κ2) is 22.7. The summed E-state index contributed by atoms with van der Waals surface area (Å²) in [5, 5.41) is 9.73. The maximum Gasteiger partial charge on any atom is 0.342 e. The predicted octanol–water partition coefficient (Wildman–Crippen LogP) is 7.62. The molecule has 0 amide bonds. The lowest BCUT2D eigenvalue weighted by molar-refractivity contribution is -0.343. The van der Waals surface area contributed by atoms with Crippen LogP contribution in [0.3, 0.4) is 0 Å². The normalized spacial score (nSPS) is 12.2. The Hall–Kier alpha value is -0.610. The molecule has 0 fully saturated rings. The second-order valence-electron chi connectivity index (χ2n) is 8.20. The van der Waals surface area contributed by atoms with Crippen LogP contribution in [0.2, 0.25) is 0 Å². The number of unbranched alkanes of at least 4 members (excludes halogenated alkanes) is 16. The Morgan fingerprint density at radius 2 is 1.04 bits per heavy atom. The minimum absolute atomic E-state index is 0.367. The standard InChI is InChI=1S/C24H48O4/c1-3-5-7-9-11-13-15-17-19-21-23(25)27-28-24(26)22-20-18-16-14-12-10-8-6-4-2/h23,25H,3-22H2,1-2H3/t23-/m0/s1. The van der Waals surface area contributed by atoms with E-state index in [0.29, 0.717) is 12.8 Å². The van der Waals surface area contributed by atoms with Crippen LogP contribution in [0.25, 0.3) is 0 Å². The molecule has 0 unspecified atom stereocenters. The van der Waals surface area contributed by atoms with Crippen molar-refractivity contribution in [3.63, 3.8) is 0 Å². The fourth-order valence-corrected chi connectivity index (χ4v) is 3.41. The molecule has 4 nitrogen and oxygen atoms in total. The van der Waals surface area contributed by atoms with Crippen molar-refractivity contribution < 1.29 is 19.7 Å². The quantitative estimate of drug-likeness (QED) is 0.0878. The molecule has 0 radical (unpaired) electrons. The summed E-state index contributed by atoms with van der Waals surface area (Å²) in [6.45, 7) is 4.47. The van der Waals surface area contributed by atoms with Gasteiger partial charge in [0, 0.05) is 12.8 Å². The third-order valence-electron chi connectivity index (χ3n) is 5.29. The smallest absolute Gasteiger partial charge is 0.342 e. The Labute approximate surface area is 174 Å². The van der Waals surface area contributed by atoms with Crippen LogP contribution in [0, 0.1) is 0 Å². The van der Waals surface area contributed by atoms with E-state index in [4.69, 9.17) is 9.78 Å². The first-order valence-electron chi connectivity index (χ1n) is 12.2. The highest BCUT2D eigenvalue weighted by Crippen LogP contribution is 2.13. The molecule has 0 saturated heterocycles. The lowest BCUT2D eigenvalue weighted by Gasteiger charge is -2.10. The molecule has 0 spiro atoms. The molecule has 0 aromatic rings. The van der Waals surface area contributed by atoms with Crippen LogP contribution in [0.5, 0.6) is 0 Å². The summed E-state index contributed by atoms with van der Waals surface area (Å²) >= 11 is 0. The van der Waals surface area contributed by atoms with E-state index in [9.17, 15) is 9.90 Å². The van der Waals surface area contributed by atoms with Crippen LogP contribution in [-0.2, 0) is 14.6 Å². The first-order valence-corrected chi connectivity index (χ1v) is 12.2. The first kappa shape index (κ1) is 27.4. The van der Waals surface area contributed by atoms with Gasteiger partial charge in [-0.3, -0.25) is 4.89 Å². The van der Waals surface area contributed by atoms with Gasteiger partial charge in [-0.15, -0.1) is 0 Å². The van der Waals surface area contributed by atoms with E-state index in [1.165, 1.54) is 89.9 Å². The van der Waals surface area contributed by atoms with Crippen molar-refractivity contribution in [1.29, 1.82) is 0 Å². The molecule has 0 aromatic heterocycles. The van der Waals surface area contributed by atoms with E-state index < -0.39 is 6.29 Å². The second-order valence-corrected chi connectivity index (χ2v) is 8.20. The average molecular weight is 401 g/mol. The van der Waals surface area contributed by atoms with Crippen LogP contribution in [-0.4, -0.2) is 17.4 Å². The number of carbonyl (C=O) groups is 1. The number of aliphatic hydroxyl groups excluding tert-OH is 1. The molecule has 0 heterocycles. The molecule has 4 heteroatoms. The molecule has 0 aliphatic carbocycles. The van der Waals surface area contributed by atoms with Gasteiger partial charge < -0.3 is 5.11 Å². The molecule has 0 saturated carbocycles. The number of carbonyl (C=O) groups excluding carboxylic acids is 1. The van der Waals surface area contributed by atoms with Gasteiger partial charge in [0.1, 0.15) is 0 Å². The SMILES string of the molecule is CCCCCCCCCCCC(=O)OO[C@H](O)CCCCCCCCCCC. The Bertz CT molecular complexity index is 320. The summed E-state index contributed by atoms with van der Waals surface area (Å²) in [6, 6.07) is 0. The van der Waals surface area contributed by atoms with Gasteiger partial charge in [0.15, 0.2) is 0 Å². The minimum atomic E-state index is -0.989. The molecule has 1 atom stereocenters. The van der Waals surface area contributed by atoms with Gasteiger partial charge in [0.05, 0.1) is 0 Å². The average Bonchev–Trinajstić information content (AvgIpc) is 2.69. The summed E-state index contributed by atoms with van der Waals surface area (Å²) in [5.41, 5.74) is 0. The number of hydrogen-bond acceptors (Lipinski definition) is 4. The summed E-state index contributed by atoms with van der Waals surface area (Å²) in [7, 11) is 0. The zero-order valence-electron chi connectivity index (χ0n) is 18.9. The molecular weight excluding hydrogens is 352 g/mol. The summed E-state index contributed by atoms with van der Waals surface area (Å²) < 4.78 is 0. The van der Waals surface area contributed by atoms with Crippen molar-refractivity contribution in [2.45, 2.75) is 149 Å². The zero-order chi connectivity index (χ0) is 20.7. The summed E-state index contributed by atoms with van der Waals surface area (Å²) in [6.07, 6.45) is 22.0. The lowest BCUT2D eigenvalue weighted by Crippen LogP contribution is -2.15. The van der Waals surface area contributed by atoms with E-state index >= 15 is 0 Å². The summed E-state index contributed by atoms with van der Waals surface area (Å²) in [5.74, 6) is -0.367. The minimum Gasteiger partial charge on any atom is -0.365 e. The van der Waals surface area contributed by atoms with Gasteiger partial charge in [-0.05, 0) is 12.8 Å². The van der Waals surface area contributed by atoms with Gasteiger partial charge in [-0.2, -0.15) is 4.89 Å². The van der Waals surface area contributed by atoms with Crippen LogP contribution in [0.4, 0.5) is 0 Å². The van der Waals surface area contributed by atoms with E-state index in [0.717, 1.165) is 25.7 Å². The van der Waals surface area contributed by atoms with Crippen molar-refractivity contribution in [2.24, 2.45) is 0 Å². The van der Waals surface area contributed by atoms with Gasteiger partial charge >= 0.3 is 5.97 Å². The predicted molar refractivity (Wildman–Crippen MR) is 117 cm³/mol. The highest BCUT2D eigenvalue weighted by atomic mass is 17.2. The van der Waals surface area contributed by atoms with Crippen molar-refractivity contribution in [2.75, 3.05) is 0 Å². The number of hydrogen-bond donors (Lipinski definition) is 1. The molecule has 0 aromatic carbocycles. The third-order valence-corrected chi connectivity index (χ3v) is 5.29. The largest absolute Gasteiger partial charge is 0.365 e. The first-order chi connectivity index (χ1) is 13.7. The molecule has 1 N–H and O–H groups in total. The maximum atomic E-state index is 11.6. The maximum absolute atomic E-state index is 11.6. The molecular formula is C24H48O4. The van der Waals surface area contributed by atoms with Gasteiger partial charge in [-0.25, -0.2) is 4.79 Å². The molecule has 168 valence electrons. The fraction of sp³-hybridized carbons (Fsp3) is 0.958. The highest BCUT2D eigenvalue weighted by molar-refractivity contribution is 5.68. The van der Waals surface area contributed by atoms with Crippen molar-refractivity contribution in [1.82, 2.24) is 0 Å². The van der Waals surface area contributed by atoms with Gasteiger partial charge in [0.2, 0.25) is 6.29 Å². The molecule has 0 rings (SSSR count). The van der Waals surface area contributed by atoms with Crippen molar-refractivity contribution in [3.05, 3.63) is 0 Å². The van der Waals surface area contributed by atoms with Crippen LogP contribution < -0.4 is 0 Å². The Morgan fingerprint density at radius 3 is 1.50 bits per heavy atom. The lowest BCUT2D eigenvalue weighted by atomic mass is 10.1. The van der Waals surface area contributed by atoms with Crippen molar-refractivity contribution >= 4 is 5.97 Å². The summed E-state index contributed by atoms with van der Waals surface area (Å²) in [4.78, 5) is 21.2. The van der Waals surface area contributed by atoms with Crippen molar-refractivity contribution in [3.8, 4) is 0 Å². The van der Waals surface area contributed by atoms with Gasteiger partial charge in [0.25, 0.3) is 0 Å².